The van der Waals surface area contributed by atoms with Gasteiger partial charge in [-0.05, 0) is 56.7 Å². The molecule has 0 aliphatic heterocycles. The van der Waals surface area contributed by atoms with Crippen LogP contribution in [-0.4, -0.2) is 20.4 Å². The van der Waals surface area contributed by atoms with Gasteiger partial charge in [0.2, 0.25) is 5.91 Å². The first-order valence-electron chi connectivity index (χ1n) is 11.2. The Labute approximate surface area is 193 Å². The molecule has 1 unspecified atom stereocenters. The summed E-state index contributed by atoms with van der Waals surface area (Å²) in [5, 5.41) is 0.543. The van der Waals surface area contributed by atoms with E-state index in [1.165, 1.54) is 0 Å². The van der Waals surface area contributed by atoms with E-state index in [1.807, 2.05) is 77.1 Å². The van der Waals surface area contributed by atoms with E-state index in [2.05, 4.69) is 0 Å². The van der Waals surface area contributed by atoms with Crippen LogP contribution in [0.15, 0.2) is 70.1 Å². The fourth-order valence-corrected chi connectivity index (χ4v) is 4.17. The van der Waals surface area contributed by atoms with Crippen LogP contribution < -0.4 is 5.56 Å². The Morgan fingerprint density at radius 2 is 1.82 bits per heavy atom. The van der Waals surface area contributed by atoms with Gasteiger partial charge in [-0.1, -0.05) is 43.7 Å². The highest BCUT2D eigenvalue weighted by Crippen LogP contribution is 2.27. The second-order valence-corrected chi connectivity index (χ2v) is 8.79. The zero-order chi connectivity index (χ0) is 23.7. The Kier molecular flexibility index (Phi) is 6.18. The van der Waals surface area contributed by atoms with Gasteiger partial charge < -0.3 is 9.32 Å². The number of hydrogen-bond donors (Lipinski definition) is 0. The molecule has 170 valence electrons. The van der Waals surface area contributed by atoms with E-state index in [9.17, 15) is 9.59 Å². The minimum absolute atomic E-state index is 0.0338. The number of furan rings is 1. The smallest absolute Gasteiger partial charge is 0.266 e. The second kappa shape index (κ2) is 9.06. The number of rotatable bonds is 6. The van der Waals surface area contributed by atoms with E-state index in [1.54, 1.807) is 27.9 Å². The van der Waals surface area contributed by atoms with Gasteiger partial charge in [0.1, 0.15) is 11.6 Å². The third kappa shape index (κ3) is 4.33. The molecule has 4 aromatic rings. The summed E-state index contributed by atoms with van der Waals surface area (Å²) in [6, 6.07) is 16.5. The number of aromatic nitrogens is 2. The molecule has 0 bridgehead atoms. The summed E-state index contributed by atoms with van der Waals surface area (Å²) < 4.78 is 7.20. The maximum Gasteiger partial charge on any atom is 0.266 e. The van der Waals surface area contributed by atoms with Crippen molar-refractivity contribution in [2.75, 3.05) is 0 Å². The molecular formula is C27H29N3O3. The Hall–Kier alpha value is -3.67. The first-order valence-corrected chi connectivity index (χ1v) is 11.2. The number of carbonyl (C=O) groups is 1. The molecule has 0 saturated carbocycles. The van der Waals surface area contributed by atoms with Gasteiger partial charge in [0.15, 0.2) is 0 Å². The largest absolute Gasteiger partial charge is 0.467 e. The lowest BCUT2D eigenvalue weighted by molar-refractivity contribution is -0.137. The quantitative estimate of drug-likeness (QED) is 0.403. The zero-order valence-electron chi connectivity index (χ0n) is 19.7. The molecule has 6 nitrogen and oxygen atoms in total. The minimum Gasteiger partial charge on any atom is -0.467 e. The standard InChI is InChI=1S/C27H29N3O3/c1-17(2)26(31)29(16-21-9-8-14-33-21)20(5)25-28-23-11-7-6-10-22(23)27(32)30(25)24-13-12-18(3)15-19(24)4/h6-15,17,20H,16H2,1-5H3. The highest BCUT2D eigenvalue weighted by atomic mass is 16.3. The Balaban J connectivity index is 1.95. The molecule has 0 saturated heterocycles. The molecule has 6 heteroatoms. The van der Waals surface area contributed by atoms with Crippen LogP contribution in [0, 0.1) is 19.8 Å². The van der Waals surface area contributed by atoms with Crippen LogP contribution in [-0.2, 0) is 11.3 Å². The summed E-state index contributed by atoms with van der Waals surface area (Å²) in [7, 11) is 0. The number of benzene rings is 2. The number of hydrogen-bond acceptors (Lipinski definition) is 4. The lowest BCUT2D eigenvalue weighted by Gasteiger charge is -2.31. The summed E-state index contributed by atoms with van der Waals surface area (Å²) in [6.45, 7) is 9.96. The number of amides is 1. The summed E-state index contributed by atoms with van der Waals surface area (Å²) in [5.74, 6) is 0.945. The van der Waals surface area contributed by atoms with Crippen molar-refractivity contribution in [2.24, 2.45) is 5.92 Å². The van der Waals surface area contributed by atoms with Crippen molar-refractivity contribution in [1.82, 2.24) is 14.5 Å². The third-order valence-electron chi connectivity index (χ3n) is 5.92. The third-order valence-corrected chi connectivity index (χ3v) is 5.92. The van der Waals surface area contributed by atoms with Gasteiger partial charge in [0, 0.05) is 5.92 Å². The molecule has 2 aromatic heterocycles. The monoisotopic (exact) mass is 443 g/mol. The minimum atomic E-state index is -0.469. The number of fused-ring (bicyclic) bond motifs is 1. The topological polar surface area (TPSA) is 68.3 Å². The van der Waals surface area contributed by atoms with Crippen LogP contribution in [0.1, 0.15) is 49.5 Å². The van der Waals surface area contributed by atoms with Crippen molar-refractivity contribution in [3.63, 3.8) is 0 Å². The van der Waals surface area contributed by atoms with Gasteiger partial charge in [-0.2, -0.15) is 0 Å². The maximum absolute atomic E-state index is 13.7. The number of para-hydroxylation sites is 1. The van der Waals surface area contributed by atoms with Crippen LogP contribution >= 0.6 is 0 Å². The maximum atomic E-state index is 13.7. The highest BCUT2D eigenvalue weighted by Gasteiger charge is 2.29. The van der Waals surface area contributed by atoms with Crippen molar-refractivity contribution in [1.29, 1.82) is 0 Å². The normalized spacial score (nSPS) is 12.3. The molecule has 33 heavy (non-hydrogen) atoms. The zero-order valence-corrected chi connectivity index (χ0v) is 19.7. The summed E-state index contributed by atoms with van der Waals surface area (Å²) in [5.41, 5.74) is 3.31. The predicted molar refractivity (Wildman–Crippen MR) is 129 cm³/mol. The van der Waals surface area contributed by atoms with Gasteiger partial charge in [-0.15, -0.1) is 0 Å². The summed E-state index contributed by atoms with van der Waals surface area (Å²) in [4.78, 5) is 33.6. The van der Waals surface area contributed by atoms with Crippen LogP contribution in [0.4, 0.5) is 0 Å². The summed E-state index contributed by atoms with van der Waals surface area (Å²) in [6.07, 6.45) is 1.60. The molecule has 1 atom stereocenters. The second-order valence-electron chi connectivity index (χ2n) is 8.79. The van der Waals surface area contributed by atoms with Gasteiger partial charge in [0.25, 0.3) is 5.56 Å². The van der Waals surface area contributed by atoms with Gasteiger partial charge in [0.05, 0.1) is 35.4 Å². The lowest BCUT2D eigenvalue weighted by atomic mass is 10.1. The Morgan fingerprint density at radius 3 is 2.48 bits per heavy atom. The molecule has 0 radical (unpaired) electrons. The molecule has 0 spiro atoms. The van der Waals surface area contributed by atoms with Crippen molar-refractivity contribution in [3.05, 3.63) is 93.9 Å². The number of carbonyl (C=O) groups excluding carboxylic acids is 1. The molecular weight excluding hydrogens is 414 g/mol. The van der Waals surface area contributed by atoms with Gasteiger partial charge in [-0.25, -0.2) is 4.98 Å². The van der Waals surface area contributed by atoms with Gasteiger partial charge in [-0.3, -0.25) is 14.2 Å². The van der Waals surface area contributed by atoms with Crippen LogP contribution in [0.5, 0.6) is 0 Å². The van der Waals surface area contributed by atoms with E-state index in [0.717, 1.165) is 16.8 Å². The molecule has 2 aromatic carbocycles. The number of nitrogens with zero attached hydrogens (tertiary/aromatic N) is 3. The molecule has 0 fully saturated rings. The van der Waals surface area contributed by atoms with Gasteiger partial charge >= 0.3 is 0 Å². The Morgan fingerprint density at radius 1 is 1.06 bits per heavy atom. The van der Waals surface area contributed by atoms with E-state index < -0.39 is 6.04 Å². The molecule has 4 rings (SSSR count). The number of aryl methyl sites for hydroxylation is 2. The van der Waals surface area contributed by atoms with Crippen LogP contribution in [0.2, 0.25) is 0 Å². The molecule has 1 amide bonds. The fourth-order valence-electron chi connectivity index (χ4n) is 4.17. The van der Waals surface area contributed by atoms with Crippen LogP contribution in [0.3, 0.4) is 0 Å². The lowest BCUT2D eigenvalue weighted by Crippen LogP contribution is -2.39. The molecule has 0 aliphatic rings. The molecule has 2 heterocycles. The summed E-state index contributed by atoms with van der Waals surface area (Å²) >= 11 is 0. The Bertz CT molecular complexity index is 1350. The van der Waals surface area contributed by atoms with Crippen molar-refractivity contribution in [3.8, 4) is 5.69 Å². The average molecular weight is 444 g/mol. The van der Waals surface area contributed by atoms with Crippen molar-refractivity contribution < 1.29 is 9.21 Å². The van der Waals surface area contributed by atoms with Crippen molar-refractivity contribution >= 4 is 16.8 Å². The highest BCUT2D eigenvalue weighted by molar-refractivity contribution is 5.80. The van der Waals surface area contributed by atoms with Crippen LogP contribution in [0.25, 0.3) is 16.6 Å². The van der Waals surface area contributed by atoms with E-state index in [0.29, 0.717) is 29.0 Å². The van der Waals surface area contributed by atoms with E-state index in [-0.39, 0.29) is 17.4 Å². The molecule has 0 N–H and O–H groups in total. The SMILES string of the molecule is Cc1ccc(-n2c(C(C)N(Cc3ccco3)C(=O)C(C)C)nc3ccccc3c2=O)c(C)c1. The molecule has 0 aliphatic carbocycles. The predicted octanol–water partition coefficient (Wildman–Crippen LogP) is 5.34. The first-order chi connectivity index (χ1) is 15.8. The average Bonchev–Trinajstić information content (AvgIpc) is 3.30. The van der Waals surface area contributed by atoms with E-state index >= 15 is 0 Å². The van der Waals surface area contributed by atoms with E-state index in [4.69, 9.17) is 9.40 Å². The van der Waals surface area contributed by atoms with Crippen molar-refractivity contribution in [2.45, 2.75) is 47.2 Å². The fraction of sp³-hybridized carbons (Fsp3) is 0.296. The first kappa shape index (κ1) is 22.5.